The highest BCUT2D eigenvalue weighted by molar-refractivity contribution is 7.46. The van der Waals surface area contributed by atoms with Crippen LogP contribution in [0.15, 0.2) is 0 Å². The third-order valence-electron chi connectivity index (χ3n) is 5.96. The molecule has 2 fully saturated rings. The number of likely N-dealkylation sites (tertiary alicyclic amines) is 2. The van der Waals surface area contributed by atoms with Crippen LogP contribution in [0.5, 0.6) is 0 Å². The first-order valence-electron chi connectivity index (χ1n) is 11.2. The lowest BCUT2D eigenvalue weighted by atomic mass is 10.0. The second kappa shape index (κ2) is 11.5. The van der Waals surface area contributed by atoms with E-state index in [2.05, 4.69) is 5.32 Å². The molecule has 2 rings (SSSR count). The van der Waals surface area contributed by atoms with Crippen LogP contribution in [0.3, 0.4) is 0 Å². The summed E-state index contributed by atoms with van der Waals surface area (Å²) in [6.45, 7) is 5.65. The lowest BCUT2D eigenvalue weighted by Gasteiger charge is -2.34. The van der Waals surface area contributed by atoms with Crippen LogP contribution in [-0.2, 0) is 28.3 Å². The summed E-state index contributed by atoms with van der Waals surface area (Å²) < 4.78 is 16.1. The highest BCUT2D eigenvalue weighted by atomic mass is 31.2. The molecule has 0 aromatic heterocycles. The number of nitrogens with two attached hydrogens (primary N) is 1. The third kappa shape index (κ3) is 7.31. The molecule has 2 saturated heterocycles. The molecule has 33 heavy (non-hydrogen) atoms. The highest BCUT2D eigenvalue weighted by Gasteiger charge is 2.44. The van der Waals surface area contributed by atoms with Crippen molar-refractivity contribution in [1.29, 1.82) is 0 Å². The maximum absolute atomic E-state index is 13.4. The number of carbonyl (C=O) groups excluding carboxylic acids is 4. The molecule has 0 bridgehead atoms. The van der Waals surface area contributed by atoms with Crippen molar-refractivity contribution in [3.05, 3.63) is 0 Å². The number of phosphoric acid groups is 1. The van der Waals surface area contributed by atoms with Crippen LogP contribution in [0.1, 0.15) is 52.9 Å². The Kier molecular flexibility index (Phi) is 9.57. The zero-order valence-electron chi connectivity index (χ0n) is 19.3. The molecule has 2 aliphatic heterocycles. The van der Waals surface area contributed by atoms with Crippen LogP contribution in [0.2, 0.25) is 0 Å². The minimum atomic E-state index is -4.97. The molecule has 0 aromatic carbocycles. The molecule has 0 unspecified atom stereocenters. The zero-order valence-corrected chi connectivity index (χ0v) is 20.1. The lowest BCUT2D eigenvalue weighted by molar-refractivity contribution is -0.148. The van der Waals surface area contributed by atoms with Crippen molar-refractivity contribution in [3.63, 3.8) is 0 Å². The number of hydrogen-bond donors (Lipinski definition) is 4. The minimum absolute atomic E-state index is 0.107. The number of aldehydes is 1. The summed E-state index contributed by atoms with van der Waals surface area (Å²) >= 11 is 0. The predicted octanol–water partition coefficient (Wildman–Crippen LogP) is -0.477. The molecular formula is C20H35N4O8P. The average Bonchev–Trinajstić information content (AvgIpc) is 3.38. The van der Waals surface area contributed by atoms with Crippen LogP contribution in [-0.4, -0.2) is 87.0 Å². The van der Waals surface area contributed by atoms with E-state index in [0.717, 1.165) is 6.29 Å². The summed E-state index contributed by atoms with van der Waals surface area (Å²) in [6, 6.07) is -3.76. The Bertz CT molecular complexity index is 788. The lowest BCUT2D eigenvalue weighted by Crippen LogP contribution is -2.59. The van der Waals surface area contributed by atoms with Gasteiger partial charge in [0.2, 0.25) is 17.7 Å². The number of rotatable bonds is 10. The molecule has 0 radical (unpaired) electrons. The van der Waals surface area contributed by atoms with Gasteiger partial charge < -0.3 is 35.4 Å². The van der Waals surface area contributed by atoms with E-state index >= 15 is 0 Å². The molecule has 2 aliphatic rings. The Hall–Kier alpha value is -1.85. The van der Waals surface area contributed by atoms with E-state index in [9.17, 15) is 33.5 Å². The summed E-state index contributed by atoms with van der Waals surface area (Å²) in [5.41, 5.74) is 5.91. The summed E-state index contributed by atoms with van der Waals surface area (Å²) in [6.07, 6.45) is 1.84. The van der Waals surface area contributed by atoms with Crippen molar-refractivity contribution in [2.75, 3.05) is 13.1 Å². The van der Waals surface area contributed by atoms with Gasteiger partial charge in [0, 0.05) is 13.1 Å². The third-order valence-corrected chi connectivity index (χ3v) is 6.57. The molecule has 2 heterocycles. The number of nitrogens with one attached hydrogen (secondary N) is 1. The Morgan fingerprint density at radius 3 is 2.33 bits per heavy atom. The van der Waals surface area contributed by atoms with E-state index < -0.39 is 49.9 Å². The Morgan fingerprint density at radius 2 is 1.76 bits per heavy atom. The smallest absolute Gasteiger partial charge is 0.341 e. The first kappa shape index (κ1) is 27.4. The van der Waals surface area contributed by atoms with Crippen LogP contribution in [0.25, 0.3) is 0 Å². The van der Waals surface area contributed by atoms with Gasteiger partial charge in [-0.2, -0.15) is 0 Å². The Labute approximate surface area is 193 Å². The van der Waals surface area contributed by atoms with Gasteiger partial charge >= 0.3 is 7.82 Å². The van der Waals surface area contributed by atoms with Crippen molar-refractivity contribution < 1.29 is 38.1 Å². The van der Waals surface area contributed by atoms with Crippen molar-refractivity contribution in [1.82, 2.24) is 15.1 Å². The van der Waals surface area contributed by atoms with Crippen LogP contribution < -0.4 is 11.1 Å². The van der Waals surface area contributed by atoms with Crippen LogP contribution in [0.4, 0.5) is 0 Å². The van der Waals surface area contributed by atoms with Crippen molar-refractivity contribution in [2.45, 2.75) is 83.1 Å². The molecule has 0 aliphatic carbocycles. The molecule has 13 heteroatoms. The predicted molar refractivity (Wildman–Crippen MR) is 117 cm³/mol. The minimum Gasteiger partial charge on any atom is -0.341 e. The second-order valence-corrected chi connectivity index (χ2v) is 10.3. The fourth-order valence-electron chi connectivity index (χ4n) is 4.40. The van der Waals surface area contributed by atoms with Crippen LogP contribution in [0, 0.1) is 5.92 Å². The topological polar surface area (TPSA) is 180 Å². The Balaban J connectivity index is 2.24. The molecule has 5 atom stereocenters. The first-order valence-corrected chi connectivity index (χ1v) is 12.7. The molecule has 5 N–H and O–H groups in total. The van der Waals surface area contributed by atoms with Gasteiger partial charge in [-0.1, -0.05) is 13.8 Å². The Morgan fingerprint density at radius 1 is 1.15 bits per heavy atom. The normalized spacial score (nSPS) is 24.0. The fraction of sp³-hybridized carbons (Fsp3) is 0.800. The van der Waals surface area contributed by atoms with E-state index in [1.807, 2.05) is 13.8 Å². The number of nitrogens with zero attached hydrogens (tertiary/aromatic N) is 2. The van der Waals surface area contributed by atoms with Gasteiger partial charge in [0.05, 0.1) is 18.2 Å². The highest BCUT2D eigenvalue weighted by Crippen LogP contribution is 2.38. The van der Waals surface area contributed by atoms with Gasteiger partial charge in [-0.3, -0.25) is 18.9 Å². The molecule has 12 nitrogen and oxygen atoms in total. The van der Waals surface area contributed by atoms with Gasteiger partial charge in [-0.05, 0) is 44.9 Å². The molecule has 188 valence electrons. The van der Waals surface area contributed by atoms with E-state index in [4.69, 9.17) is 10.3 Å². The van der Waals surface area contributed by atoms with Gasteiger partial charge in [0.25, 0.3) is 0 Å². The summed E-state index contributed by atoms with van der Waals surface area (Å²) in [4.78, 5) is 71.7. The average molecular weight is 490 g/mol. The van der Waals surface area contributed by atoms with Crippen molar-refractivity contribution >= 4 is 31.8 Å². The van der Waals surface area contributed by atoms with E-state index in [1.165, 1.54) is 16.7 Å². The largest absolute Gasteiger partial charge is 0.469 e. The monoisotopic (exact) mass is 490 g/mol. The number of phosphoric ester groups is 1. The van der Waals surface area contributed by atoms with E-state index in [1.54, 1.807) is 0 Å². The maximum atomic E-state index is 13.4. The van der Waals surface area contributed by atoms with Crippen molar-refractivity contribution in [2.24, 2.45) is 11.7 Å². The quantitative estimate of drug-likeness (QED) is 0.232. The van der Waals surface area contributed by atoms with Gasteiger partial charge in [0.15, 0.2) is 0 Å². The standard InChI is InChI=1S/C20H35N4O8P/c1-12(2)10-15(21)18(26)22-17(13(3)32-33(29,30)31)20(28)24-9-5-7-16(24)19(27)23-8-4-6-14(23)11-25/h11-17H,4-10,21H2,1-3H3,(H,22,26)(H2,29,30,31)/t13-,14+,15+,16+,17+/m1/s1. The summed E-state index contributed by atoms with van der Waals surface area (Å²) in [7, 11) is -4.97. The fourth-order valence-corrected chi connectivity index (χ4v) is 4.95. The summed E-state index contributed by atoms with van der Waals surface area (Å²) in [5.74, 6) is -1.60. The van der Waals surface area contributed by atoms with E-state index in [-0.39, 0.29) is 18.4 Å². The molecule has 3 amide bonds. The van der Waals surface area contributed by atoms with Gasteiger partial charge in [-0.25, -0.2) is 4.57 Å². The molecular weight excluding hydrogens is 455 g/mol. The second-order valence-electron chi connectivity index (χ2n) is 9.09. The zero-order chi connectivity index (χ0) is 24.9. The van der Waals surface area contributed by atoms with Gasteiger partial charge in [0.1, 0.15) is 18.4 Å². The number of hydrogen-bond acceptors (Lipinski definition) is 7. The van der Waals surface area contributed by atoms with Gasteiger partial charge in [-0.15, -0.1) is 0 Å². The SMILES string of the molecule is CC(C)C[C@H](N)C(=O)N[C@H](C(=O)N1CCC[C@H]1C(=O)N1CCC[C@H]1C=O)[C@@H](C)OP(=O)(O)O. The summed E-state index contributed by atoms with van der Waals surface area (Å²) in [5, 5.41) is 2.47. The molecule has 0 aromatic rings. The number of amides is 3. The number of carbonyl (C=O) groups is 4. The van der Waals surface area contributed by atoms with E-state index in [0.29, 0.717) is 38.6 Å². The molecule has 0 saturated carbocycles. The molecule has 0 spiro atoms. The van der Waals surface area contributed by atoms with Crippen LogP contribution >= 0.6 is 7.82 Å². The first-order chi connectivity index (χ1) is 15.4. The maximum Gasteiger partial charge on any atom is 0.469 e. The van der Waals surface area contributed by atoms with Crippen molar-refractivity contribution in [3.8, 4) is 0 Å².